The summed E-state index contributed by atoms with van der Waals surface area (Å²) in [6.07, 6.45) is 2.65. The number of Topliss-reactive ketones (excluding diaryl/α,β-unsaturated/α-hetero) is 1. The first kappa shape index (κ1) is 22.7. The van der Waals surface area contributed by atoms with Crippen LogP contribution in [0, 0.1) is 25.6 Å². The van der Waals surface area contributed by atoms with Crippen molar-refractivity contribution in [2.45, 2.75) is 46.6 Å². The Balaban J connectivity index is 1.87. The first-order chi connectivity index (χ1) is 14.7. The van der Waals surface area contributed by atoms with Gasteiger partial charge in [-0.1, -0.05) is 18.6 Å². The first-order valence-electron chi connectivity index (χ1n) is 10.6. The Bertz CT molecular complexity index is 990. The smallest absolute Gasteiger partial charge is 0.355 e. The van der Waals surface area contributed by atoms with E-state index in [1.807, 2.05) is 0 Å². The number of hydrogen-bond acceptors (Lipinski definition) is 4. The van der Waals surface area contributed by atoms with E-state index in [-0.39, 0.29) is 43.1 Å². The molecule has 2 aromatic rings. The Hall–Kier alpha value is -2.96. The minimum absolute atomic E-state index is 0.0548. The van der Waals surface area contributed by atoms with E-state index in [0.29, 0.717) is 22.5 Å². The standard InChI is InChI=1S/C24H29FN2O4/c1-5-31-24(30)22-15(2)21(16(3)26(22)4)20(28)14-27(23(29)18-7-6-8-18)13-17-9-11-19(25)12-10-17/h9-12,18H,5-8,13-14H2,1-4H3. The van der Waals surface area contributed by atoms with Crippen molar-refractivity contribution in [1.29, 1.82) is 0 Å². The summed E-state index contributed by atoms with van der Waals surface area (Å²) >= 11 is 0. The topological polar surface area (TPSA) is 68.6 Å². The van der Waals surface area contributed by atoms with Crippen LogP contribution in [0.1, 0.15) is 63.9 Å². The van der Waals surface area contributed by atoms with E-state index >= 15 is 0 Å². The normalized spacial score (nSPS) is 13.6. The molecule has 0 bridgehead atoms. The third-order valence-electron chi connectivity index (χ3n) is 6.07. The fraction of sp³-hybridized carbons (Fsp3) is 0.458. The third kappa shape index (κ3) is 4.70. The van der Waals surface area contributed by atoms with Gasteiger partial charge in [-0.15, -0.1) is 0 Å². The van der Waals surface area contributed by atoms with Crippen molar-refractivity contribution in [2.75, 3.05) is 13.2 Å². The van der Waals surface area contributed by atoms with Crippen molar-refractivity contribution in [1.82, 2.24) is 9.47 Å². The maximum Gasteiger partial charge on any atom is 0.355 e. The van der Waals surface area contributed by atoms with Crippen molar-refractivity contribution in [3.8, 4) is 0 Å². The van der Waals surface area contributed by atoms with Gasteiger partial charge >= 0.3 is 5.97 Å². The molecule has 1 fully saturated rings. The summed E-state index contributed by atoms with van der Waals surface area (Å²) < 4.78 is 20.1. The van der Waals surface area contributed by atoms with E-state index < -0.39 is 5.97 Å². The van der Waals surface area contributed by atoms with Gasteiger partial charge in [0, 0.05) is 30.8 Å². The number of amides is 1. The average molecular weight is 429 g/mol. The fourth-order valence-corrected chi connectivity index (χ4v) is 4.06. The molecule has 0 aliphatic heterocycles. The van der Waals surface area contributed by atoms with Gasteiger partial charge in [0.1, 0.15) is 11.5 Å². The third-order valence-corrected chi connectivity index (χ3v) is 6.07. The molecule has 1 aliphatic rings. The van der Waals surface area contributed by atoms with Crippen LogP contribution in [0.5, 0.6) is 0 Å². The molecule has 1 aromatic heterocycles. The van der Waals surface area contributed by atoms with Crippen molar-refractivity contribution in [3.05, 3.63) is 58.2 Å². The number of nitrogens with zero attached hydrogens (tertiary/aromatic N) is 2. The van der Waals surface area contributed by atoms with Crippen molar-refractivity contribution in [2.24, 2.45) is 13.0 Å². The highest BCUT2D eigenvalue weighted by molar-refractivity contribution is 6.04. The Morgan fingerprint density at radius 2 is 1.81 bits per heavy atom. The maximum absolute atomic E-state index is 13.3. The number of ketones is 1. The van der Waals surface area contributed by atoms with Crippen molar-refractivity contribution < 1.29 is 23.5 Å². The average Bonchev–Trinajstić information content (AvgIpc) is 2.90. The van der Waals surface area contributed by atoms with Crippen LogP contribution in [-0.4, -0.2) is 40.3 Å². The molecule has 0 N–H and O–H groups in total. The van der Waals surface area contributed by atoms with Crippen LogP contribution in [0.2, 0.25) is 0 Å². The molecule has 3 rings (SSSR count). The van der Waals surface area contributed by atoms with Gasteiger partial charge in [0.25, 0.3) is 0 Å². The van der Waals surface area contributed by atoms with Gasteiger partial charge in [-0.2, -0.15) is 0 Å². The summed E-state index contributed by atoms with van der Waals surface area (Å²) in [5.74, 6) is -1.17. The lowest BCUT2D eigenvalue weighted by Crippen LogP contribution is -2.41. The lowest BCUT2D eigenvalue weighted by molar-refractivity contribution is -0.138. The predicted octanol–water partition coefficient (Wildman–Crippen LogP) is 3.97. The van der Waals surface area contributed by atoms with Crippen LogP contribution < -0.4 is 0 Å². The maximum atomic E-state index is 13.3. The highest BCUT2D eigenvalue weighted by Gasteiger charge is 2.32. The Labute approximate surface area is 182 Å². The summed E-state index contributed by atoms with van der Waals surface area (Å²) in [7, 11) is 1.72. The van der Waals surface area contributed by atoms with E-state index in [1.54, 1.807) is 49.4 Å². The van der Waals surface area contributed by atoms with Crippen LogP contribution in [0.25, 0.3) is 0 Å². The number of rotatable bonds is 8. The van der Waals surface area contributed by atoms with Crippen LogP contribution in [-0.2, 0) is 23.1 Å². The van der Waals surface area contributed by atoms with E-state index in [2.05, 4.69) is 0 Å². The lowest BCUT2D eigenvalue weighted by Gasteiger charge is -2.31. The first-order valence-corrected chi connectivity index (χ1v) is 10.6. The fourth-order valence-electron chi connectivity index (χ4n) is 4.06. The van der Waals surface area contributed by atoms with Gasteiger partial charge in [0.2, 0.25) is 5.91 Å². The molecule has 0 saturated heterocycles. The van der Waals surface area contributed by atoms with Gasteiger partial charge in [-0.3, -0.25) is 9.59 Å². The van der Waals surface area contributed by atoms with Crippen molar-refractivity contribution in [3.63, 3.8) is 0 Å². The summed E-state index contributed by atoms with van der Waals surface area (Å²) in [5.41, 5.74) is 2.76. The zero-order valence-corrected chi connectivity index (χ0v) is 18.5. The molecular weight excluding hydrogens is 399 g/mol. The SMILES string of the molecule is CCOC(=O)c1c(C)c(C(=O)CN(Cc2ccc(F)cc2)C(=O)C2CCC2)c(C)n1C. The van der Waals surface area contributed by atoms with Gasteiger partial charge in [0.05, 0.1) is 13.2 Å². The van der Waals surface area contributed by atoms with Crippen LogP contribution in [0.4, 0.5) is 4.39 Å². The highest BCUT2D eigenvalue weighted by atomic mass is 19.1. The van der Waals surface area contributed by atoms with Gasteiger partial charge in [0.15, 0.2) is 5.78 Å². The molecule has 31 heavy (non-hydrogen) atoms. The largest absolute Gasteiger partial charge is 0.461 e. The van der Waals surface area contributed by atoms with E-state index in [9.17, 15) is 18.8 Å². The second kappa shape index (κ2) is 9.45. The quantitative estimate of drug-likeness (QED) is 0.471. The Kier molecular flexibility index (Phi) is 6.93. The zero-order chi connectivity index (χ0) is 22.7. The van der Waals surface area contributed by atoms with Crippen LogP contribution >= 0.6 is 0 Å². The molecule has 0 spiro atoms. The predicted molar refractivity (Wildman–Crippen MR) is 114 cm³/mol. The highest BCUT2D eigenvalue weighted by Crippen LogP contribution is 2.29. The molecule has 7 heteroatoms. The Morgan fingerprint density at radius 3 is 2.35 bits per heavy atom. The molecular formula is C24H29FN2O4. The number of ether oxygens (including phenoxy) is 1. The zero-order valence-electron chi connectivity index (χ0n) is 18.5. The van der Waals surface area contributed by atoms with E-state index in [4.69, 9.17) is 4.74 Å². The lowest BCUT2D eigenvalue weighted by atomic mass is 9.84. The summed E-state index contributed by atoms with van der Waals surface area (Å²) in [6, 6.07) is 5.94. The van der Waals surface area contributed by atoms with Gasteiger partial charge in [-0.05, 0) is 56.9 Å². The van der Waals surface area contributed by atoms with Crippen molar-refractivity contribution >= 4 is 17.7 Å². The molecule has 1 saturated carbocycles. The second-order valence-electron chi connectivity index (χ2n) is 8.09. The number of hydrogen-bond donors (Lipinski definition) is 0. The molecule has 6 nitrogen and oxygen atoms in total. The summed E-state index contributed by atoms with van der Waals surface area (Å²) in [4.78, 5) is 40.2. The minimum atomic E-state index is -0.474. The monoisotopic (exact) mass is 428 g/mol. The van der Waals surface area contributed by atoms with Crippen LogP contribution in [0.15, 0.2) is 24.3 Å². The number of aromatic nitrogens is 1. The molecule has 0 radical (unpaired) electrons. The molecule has 1 heterocycles. The van der Waals surface area contributed by atoms with E-state index in [1.165, 1.54) is 12.1 Å². The number of carbonyl (C=O) groups excluding carboxylic acids is 3. The van der Waals surface area contributed by atoms with Gasteiger partial charge < -0.3 is 14.2 Å². The molecule has 0 unspecified atom stereocenters. The van der Waals surface area contributed by atoms with Gasteiger partial charge in [-0.25, -0.2) is 9.18 Å². The van der Waals surface area contributed by atoms with Crippen LogP contribution in [0.3, 0.4) is 0 Å². The molecule has 1 amide bonds. The molecule has 0 atom stereocenters. The number of carbonyl (C=O) groups is 3. The van der Waals surface area contributed by atoms with E-state index in [0.717, 1.165) is 24.8 Å². The second-order valence-corrected chi connectivity index (χ2v) is 8.09. The molecule has 1 aliphatic carbocycles. The number of halogens is 1. The molecule has 1 aromatic carbocycles. The summed E-state index contributed by atoms with van der Waals surface area (Å²) in [6.45, 7) is 5.62. The number of esters is 1. The Morgan fingerprint density at radius 1 is 1.16 bits per heavy atom. The number of benzene rings is 1. The molecule has 166 valence electrons. The summed E-state index contributed by atoms with van der Waals surface area (Å²) in [5, 5.41) is 0. The minimum Gasteiger partial charge on any atom is -0.461 e.